The summed E-state index contributed by atoms with van der Waals surface area (Å²) in [6.07, 6.45) is 0. The maximum absolute atomic E-state index is 6.62. The summed E-state index contributed by atoms with van der Waals surface area (Å²) in [6.45, 7) is 0. The highest BCUT2D eigenvalue weighted by molar-refractivity contribution is 6.18. The molecule has 4 nitrogen and oxygen atoms in total. The molecule has 0 radical (unpaired) electrons. The molecule has 66 heavy (non-hydrogen) atoms. The van der Waals surface area contributed by atoms with Gasteiger partial charge in [0.15, 0.2) is 0 Å². The lowest BCUT2D eigenvalue weighted by Gasteiger charge is -2.30. The average Bonchev–Trinajstić information content (AvgIpc) is 4.18. The van der Waals surface area contributed by atoms with Gasteiger partial charge in [-0.15, -0.1) is 0 Å². The fraction of sp³-hybridized carbons (Fsp3) is 0.0161. The number of hydrogen-bond acceptors (Lipinski definition) is 2. The number of imidazole rings is 1. The van der Waals surface area contributed by atoms with Gasteiger partial charge in [-0.2, -0.15) is 0 Å². The van der Waals surface area contributed by atoms with Crippen LogP contribution in [-0.4, -0.2) is 14.1 Å². The molecule has 0 saturated heterocycles. The second kappa shape index (κ2) is 13.2. The van der Waals surface area contributed by atoms with Crippen LogP contribution >= 0.6 is 0 Å². The van der Waals surface area contributed by atoms with Gasteiger partial charge in [0, 0.05) is 44.0 Å². The van der Waals surface area contributed by atoms with E-state index >= 15 is 0 Å². The van der Waals surface area contributed by atoms with Crippen LogP contribution in [0.1, 0.15) is 22.3 Å². The summed E-state index contributed by atoms with van der Waals surface area (Å²) in [6, 6.07) is 81.8. The molecule has 306 valence electrons. The number of nitrogens with zero attached hydrogens (tertiary/aromatic N) is 3. The van der Waals surface area contributed by atoms with Crippen LogP contribution in [0.3, 0.4) is 0 Å². The summed E-state index contributed by atoms with van der Waals surface area (Å²) in [5.41, 5.74) is 21.8. The largest absolute Gasteiger partial charge is 0.456 e. The van der Waals surface area contributed by atoms with E-state index in [0.29, 0.717) is 0 Å². The van der Waals surface area contributed by atoms with E-state index in [-0.39, 0.29) is 0 Å². The fourth-order valence-corrected chi connectivity index (χ4v) is 11.9. The Morgan fingerprint density at radius 2 is 0.970 bits per heavy atom. The quantitative estimate of drug-likeness (QED) is 0.177. The lowest BCUT2D eigenvalue weighted by atomic mass is 9.70. The molecule has 0 N–H and O–H groups in total. The third-order valence-corrected chi connectivity index (χ3v) is 14.5. The molecule has 10 aromatic carbocycles. The number of fused-ring (bicyclic) bond motifs is 18. The van der Waals surface area contributed by atoms with Crippen molar-refractivity contribution < 1.29 is 4.42 Å². The number of rotatable bonds is 4. The van der Waals surface area contributed by atoms with Gasteiger partial charge in [-0.1, -0.05) is 158 Å². The van der Waals surface area contributed by atoms with Crippen molar-refractivity contribution in [3.05, 3.63) is 247 Å². The normalized spacial score (nSPS) is 13.3. The molecule has 0 unspecified atom stereocenters. The Bertz CT molecular complexity index is 4120. The second-order valence-corrected chi connectivity index (χ2v) is 17.8. The summed E-state index contributed by atoms with van der Waals surface area (Å²) in [5.74, 6) is 0.886. The highest BCUT2D eigenvalue weighted by Crippen LogP contribution is 2.64. The predicted molar refractivity (Wildman–Crippen MR) is 270 cm³/mol. The van der Waals surface area contributed by atoms with Crippen molar-refractivity contribution in [1.29, 1.82) is 0 Å². The van der Waals surface area contributed by atoms with Crippen LogP contribution in [-0.2, 0) is 5.41 Å². The molecule has 13 aromatic rings. The summed E-state index contributed by atoms with van der Waals surface area (Å²) >= 11 is 0. The van der Waals surface area contributed by atoms with Crippen molar-refractivity contribution in [3.63, 3.8) is 0 Å². The van der Waals surface area contributed by atoms with E-state index in [1.54, 1.807) is 0 Å². The predicted octanol–water partition coefficient (Wildman–Crippen LogP) is 15.7. The molecule has 0 bridgehead atoms. The lowest BCUT2D eigenvalue weighted by molar-refractivity contribution is 0.669. The number of para-hydroxylation sites is 4. The Morgan fingerprint density at radius 3 is 1.71 bits per heavy atom. The van der Waals surface area contributed by atoms with Crippen LogP contribution in [0.15, 0.2) is 229 Å². The molecule has 1 spiro atoms. The van der Waals surface area contributed by atoms with Crippen LogP contribution < -0.4 is 0 Å². The van der Waals surface area contributed by atoms with Gasteiger partial charge < -0.3 is 8.98 Å². The molecular formula is C62H37N3O. The first-order valence-electron chi connectivity index (χ1n) is 22.7. The minimum absolute atomic E-state index is 0.428. The Balaban J connectivity index is 0.974. The van der Waals surface area contributed by atoms with Crippen LogP contribution in [0.25, 0.3) is 111 Å². The highest BCUT2D eigenvalue weighted by Gasteiger charge is 2.52. The lowest BCUT2D eigenvalue weighted by Crippen LogP contribution is -2.25. The number of furan rings is 1. The standard InChI is InChI=1S/C62H37N3O/c1-3-16-40(17-4-1)64-54-34-30-38(39-31-35-56-48(37-39)58-46(23-15-29-57(58)66-56)61-63-53-27-13-14-28-55(53)65(61)41-18-5-2-6-19-41)36-47(54)44-32-33-52-59(60(44)64)45-22-9-12-26-51(45)62(52)49-24-10-7-20-42(49)43-21-8-11-25-50(43)62/h1-37H. The third-order valence-electron chi connectivity index (χ3n) is 14.5. The molecule has 3 aromatic heterocycles. The summed E-state index contributed by atoms with van der Waals surface area (Å²) in [7, 11) is 0. The van der Waals surface area contributed by atoms with E-state index in [1.165, 1.54) is 66.3 Å². The zero-order chi connectivity index (χ0) is 43.1. The summed E-state index contributed by atoms with van der Waals surface area (Å²) in [4.78, 5) is 5.27. The van der Waals surface area contributed by atoms with Crippen molar-refractivity contribution >= 4 is 54.8 Å². The third kappa shape index (κ3) is 4.59. The van der Waals surface area contributed by atoms with E-state index in [1.807, 2.05) is 0 Å². The fourth-order valence-electron chi connectivity index (χ4n) is 11.9. The Hall–Kier alpha value is -8.73. The van der Waals surface area contributed by atoms with Crippen LogP contribution in [0.4, 0.5) is 0 Å². The first kappa shape index (κ1) is 35.7. The molecular weight excluding hydrogens is 803 g/mol. The smallest absolute Gasteiger partial charge is 0.146 e. The molecule has 0 atom stereocenters. The van der Waals surface area contributed by atoms with E-state index in [0.717, 1.165) is 66.9 Å². The molecule has 4 heteroatoms. The van der Waals surface area contributed by atoms with Gasteiger partial charge in [0.25, 0.3) is 0 Å². The van der Waals surface area contributed by atoms with E-state index in [4.69, 9.17) is 9.40 Å². The zero-order valence-electron chi connectivity index (χ0n) is 35.6. The molecule has 3 heterocycles. The van der Waals surface area contributed by atoms with Crippen LogP contribution in [0.5, 0.6) is 0 Å². The number of hydrogen-bond donors (Lipinski definition) is 0. The minimum Gasteiger partial charge on any atom is -0.456 e. The van der Waals surface area contributed by atoms with E-state index < -0.39 is 5.41 Å². The first-order valence-corrected chi connectivity index (χ1v) is 22.7. The van der Waals surface area contributed by atoms with Gasteiger partial charge >= 0.3 is 0 Å². The van der Waals surface area contributed by atoms with Crippen molar-refractivity contribution in [2.75, 3.05) is 0 Å². The van der Waals surface area contributed by atoms with Crippen molar-refractivity contribution in [2.24, 2.45) is 0 Å². The van der Waals surface area contributed by atoms with Crippen LogP contribution in [0, 0.1) is 0 Å². The molecule has 2 aliphatic rings. The SMILES string of the molecule is c1ccc(-n2c(-c3cccc4oc5ccc(-c6ccc7c(c6)c6ccc8c(c6n7-c6ccccc6)-c6ccccc6C86c7ccccc7-c7ccccc76)cc5c34)nc3ccccc32)cc1. The molecule has 0 aliphatic heterocycles. The molecule has 15 rings (SSSR count). The van der Waals surface area contributed by atoms with Gasteiger partial charge in [0.2, 0.25) is 0 Å². The maximum Gasteiger partial charge on any atom is 0.146 e. The topological polar surface area (TPSA) is 35.9 Å². The minimum atomic E-state index is -0.428. The highest BCUT2D eigenvalue weighted by atomic mass is 16.3. The van der Waals surface area contributed by atoms with E-state index in [2.05, 4.69) is 234 Å². The molecule has 0 amide bonds. The Morgan fingerprint density at radius 1 is 0.379 bits per heavy atom. The second-order valence-electron chi connectivity index (χ2n) is 17.8. The van der Waals surface area contributed by atoms with Gasteiger partial charge in [-0.05, 0) is 117 Å². The van der Waals surface area contributed by atoms with Gasteiger partial charge in [-0.3, -0.25) is 4.57 Å². The molecule has 0 saturated carbocycles. The summed E-state index contributed by atoms with van der Waals surface area (Å²) < 4.78 is 11.4. The van der Waals surface area contributed by atoms with Gasteiger partial charge in [0.1, 0.15) is 17.0 Å². The average molecular weight is 840 g/mol. The van der Waals surface area contributed by atoms with E-state index in [9.17, 15) is 0 Å². The van der Waals surface area contributed by atoms with Crippen molar-refractivity contribution in [1.82, 2.24) is 14.1 Å². The van der Waals surface area contributed by atoms with Gasteiger partial charge in [0.05, 0.1) is 27.5 Å². The van der Waals surface area contributed by atoms with Crippen molar-refractivity contribution in [2.45, 2.75) is 5.41 Å². The zero-order valence-corrected chi connectivity index (χ0v) is 35.6. The number of benzene rings is 10. The van der Waals surface area contributed by atoms with Crippen molar-refractivity contribution in [3.8, 4) is 56.1 Å². The summed E-state index contributed by atoms with van der Waals surface area (Å²) in [5, 5.41) is 4.57. The monoisotopic (exact) mass is 839 g/mol. The van der Waals surface area contributed by atoms with Crippen LogP contribution in [0.2, 0.25) is 0 Å². The first-order chi connectivity index (χ1) is 32.8. The maximum atomic E-state index is 6.62. The molecule has 2 aliphatic carbocycles. The Labute approximate surface area is 379 Å². The molecule has 0 fully saturated rings. The Kier molecular flexibility index (Phi) is 7.12. The van der Waals surface area contributed by atoms with Gasteiger partial charge in [-0.25, -0.2) is 4.98 Å². The number of aromatic nitrogens is 3.